The molecular formula is C20H21NO5. The quantitative estimate of drug-likeness (QED) is 0.463. The minimum absolute atomic E-state index is 0.544. The first-order chi connectivity index (χ1) is 12.4. The van der Waals surface area contributed by atoms with E-state index < -0.39 is 23.6 Å². The minimum atomic E-state index is -1.25. The molecule has 0 unspecified atom stereocenters. The third-order valence-electron chi connectivity index (χ3n) is 3.85. The number of hydrogen-bond donors (Lipinski definition) is 0. The third kappa shape index (κ3) is 3.85. The molecule has 1 aliphatic rings. The van der Waals surface area contributed by atoms with Crippen LogP contribution in [0.3, 0.4) is 0 Å². The van der Waals surface area contributed by atoms with Crippen molar-refractivity contribution >= 4 is 34.6 Å². The zero-order chi connectivity index (χ0) is 18.7. The van der Waals surface area contributed by atoms with Crippen LogP contribution in [0.1, 0.15) is 27.2 Å². The number of esters is 2. The van der Waals surface area contributed by atoms with Crippen molar-refractivity contribution < 1.29 is 23.8 Å². The molecule has 136 valence electrons. The Morgan fingerprint density at radius 1 is 1.12 bits per heavy atom. The van der Waals surface area contributed by atoms with Gasteiger partial charge in [-0.15, -0.1) is 0 Å². The number of hydrogen-bond acceptors (Lipinski definition) is 6. The molecule has 0 aromatic heterocycles. The fourth-order valence-electron chi connectivity index (χ4n) is 2.64. The van der Waals surface area contributed by atoms with Crippen molar-refractivity contribution in [3.8, 4) is 5.75 Å². The van der Waals surface area contributed by atoms with Crippen molar-refractivity contribution in [1.82, 2.24) is 0 Å². The predicted molar refractivity (Wildman–Crippen MR) is 97.6 cm³/mol. The van der Waals surface area contributed by atoms with E-state index in [9.17, 15) is 9.59 Å². The lowest BCUT2D eigenvalue weighted by molar-refractivity contribution is -0.235. The summed E-state index contributed by atoms with van der Waals surface area (Å²) < 4.78 is 16.0. The minimum Gasteiger partial charge on any atom is -0.491 e. The molecule has 0 bridgehead atoms. The van der Waals surface area contributed by atoms with Gasteiger partial charge in [0.05, 0.1) is 6.61 Å². The fraction of sp³-hybridized carbons (Fsp3) is 0.350. The third-order valence-corrected chi connectivity index (χ3v) is 3.85. The van der Waals surface area contributed by atoms with Crippen LogP contribution in [0, 0.1) is 5.92 Å². The van der Waals surface area contributed by atoms with E-state index in [0.29, 0.717) is 18.0 Å². The van der Waals surface area contributed by atoms with Crippen molar-refractivity contribution in [3.63, 3.8) is 0 Å². The summed E-state index contributed by atoms with van der Waals surface area (Å²) >= 11 is 0. The maximum absolute atomic E-state index is 12.1. The molecule has 1 fully saturated rings. The first kappa shape index (κ1) is 17.9. The monoisotopic (exact) mass is 355 g/mol. The normalized spacial score (nSPS) is 17.3. The number of carbonyl (C=O) groups is 2. The van der Waals surface area contributed by atoms with Crippen molar-refractivity contribution in [2.24, 2.45) is 10.9 Å². The van der Waals surface area contributed by atoms with Gasteiger partial charge in [0.2, 0.25) is 0 Å². The molecule has 2 aromatic carbocycles. The summed E-state index contributed by atoms with van der Waals surface area (Å²) in [4.78, 5) is 28.5. The molecule has 1 saturated heterocycles. The Morgan fingerprint density at radius 3 is 2.35 bits per heavy atom. The Labute approximate surface area is 151 Å². The molecule has 0 radical (unpaired) electrons. The number of rotatable bonds is 5. The number of benzene rings is 2. The molecular weight excluding hydrogens is 334 g/mol. The number of aliphatic imine (C=N–C) groups is 1. The second kappa shape index (κ2) is 7.15. The van der Waals surface area contributed by atoms with Crippen LogP contribution in [-0.4, -0.2) is 30.5 Å². The van der Waals surface area contributed by atoms with E-state index in [1.54, 1.807) is 0 Å². The van der Waals surface area contributed by atoms with E-state index in [-0.39, 0.29) is 0 Å². The van der Waals surface area contributed by atoms with Gasteiger partial charge in [-0.05, 0) is 29.3 Å². The average Bonchev–Trinajstić information content (AvgIpc) is 2.58. The lowest BCUT2D eigenvalue weighted by Crippen LogP contribution is -2.46. The Kier molecular flexibility index (Phi) is 4.93. The summed E-state index contributed by atoms with van der Waals surface area (Å²) in [6.45, 7) is 5.58. The van der Waals surface area contributed by atoms with Gasteiger partial charge < -0.3 is 14.2 Å². The van der Waals surface area contributed by atoms with Crippen molar-refractivity contribution in [3.05, 3.63) is 36.4 Å². The molecule has 6 heteroatoms. The number of cyclic esters (lactones) is 2. The van der Waals surface area contributed by atoms with Gasteiger partial charge in [0.1, 0.15) is 11.4 Å². The van der Waals surface area contributed by atoms with Crippen LogP contribution in [0.2, 0.25) is 0 Å². The van der Waals surface area contributed by atoms with Crippen molar-refractivity contribution in [1.29, 1.82) is 0 Å². The molecule has 0 amide bonds. The molecule has 26 heavy (non-hydrogen) atoms. The maximum atomic E-state index is 12.1. The molecule has 6 nitrogen and oxygen atoms in total. The highest BCUT2D eigenvalue weighted by atomic mass is 16.7. The van der Waals surface area contributed by atoms with Gasteiger partial charge in [0, 0.05) is 20.1 Å². The molecule has 1 heterocycles. The number of nitrogens with zero attached hydrogens (tertiary/aromatic N) is 1. The van der Waals surface area contributed by atoms with Crippen LogP contribution < -0.4 is 4.74 Å². The van der Waals surface area contributed by atoms with Crippen LogP contribution in [0.25, 0.3) is 10.8 Å². The van der Waals surface area contributed by atoms with Gasteiger partial charge in [-0.25, -0.2) is 0 Å². The van der Waals surface area contributed by atoms with Gasteiger partial charge in [-0.2, -0.15) is 0 Å². The number of carbonyl (C=O) groups excluding carboxylic acids is 2. The summed E-state index contributed by atoms with van der Waals surface area (Å²) in [5.41, 5.74) is 0.544. The first-order valence-electron chi connectivity index (χ1n) is 8.55. The number of ether oxygens (including phenoxy) is 3. The fourth-order valence-corrected chi connectivity index (χ4v) is 2.64. The first-order valence-corrected chi connectivity index (χ1v) is 8.55. The molecule has 0 spiro atoms. The summed E-state index contributed by atoms with van der Waals surface area (Å²) in [6, 6.07) is 11.6. The maximum Gasteiger partial charge on any atom is 0.329 e. The average molecular weight is 355 g/mol. The van der Waals surface area contributed by atoms with Gasteiger partial charge in [0.25, 0.3) is 5.79 Å². The second-order valence-electron chi connectivity index (χ2n) is 6.51. The highest BCUT2D eigenvalue weighted by Gasteiger charge is 2.42. The highest BCUT2D eigenvalue weighted by molar-refractivity contribution is 6.10. The Bertz CT molecular complexity index is 852. The summed E-state index contributed by atoms with van der Waals surface area (Å²) in [5.74, 6) is -3.19. The van der Waals surface area contributed by atoms with Gasteiger partial charge in [-0.3, -0.25) is 14.6 Å². The Balaban J connectivity index is 1.92. The zero-order valence-electron chi connectivity index (χ0n) is 15.0. The molecule has 1 aliphatic heterocycles. The molecule has 0 aliphatic carbocycles. The van der Waals surface area contributed by atoms with Crippen molar-refractivity contribution in [2.45, 2.75) is 33.0 Å². The predicted octanol–water partition coefficient (Wildman–Crippen LogP) is 3.78. The van der Waals surface area contributed by atoms with Crippen LogP contribution >= 0.6 is 0 Å². The highest BCUT2D eigenvalue weighted by Crippen LogP contribution is 2.33. The van der Waals surface area contributed by atoms with Crippen LogP contribution in [0.15, 0.2) is 41.4 Å². The van der Waals surface area contributed by atoms with Gasteiger partial charge in [0.15, 0.2) is 5.92 Å². The van der Waals surface area contributed by atoms with E-state index >= 15 is 0 Å². The molecule has 0 atom stereocenters. The molecule has 2 aromatic rings. The molecule has 0 N–H and O–H groups in total. The molecule has 0 saturated carbocycles. The Hall–Kier alpha value is -2.89. The smallest absolute Gasteiger partial charge is 0.329 e. The van der Waals surface area contributed by atoms with E-state index in [2.05, 4.69) is 4.99 Å². The summed E-state index contributed by atoms with van der Waals surface area (Å²) in [5, 5.41) is 2.01. The van der Waals surface area contributed by atoms with E-state index in [1.165, 1.54) is 20.1 Å². The van der Waals surface area contributed by atoms with E-state index in [1.807, 2.05) is 43.3 Å². The molecule has 3 rings (SSSR count). The second-order valence-corrected chi connectivity index (χ2v) is 6.51. The summed E-state index contributed by atoms with van der Waals surface area (Å²) in [7, 11) is 0. The summed E-state index contributed by atoms with van der Waals surface area (Å²) in [6.07, 6.45) is 2.11. The SMILES string of the molecule is CCCOc1cc2ccccc2cc1N=CC1C(=O)OC(C)(C)OC1=O. The largest absolute Gasteiger partial charge is 0.491 e. The van der Waals surface area contributed by atoms with Crippen molar-refractivity contribution in [2.75, 3.05) is 6.61 Å². The zero-order valence-corrected chi connectivity index (χ0v) is 15.0. The van der Waals surface area contributed by atoms with Gasteiger partial charge >= 0.3 is 11.9 Å². The van der Waals surface area contributed by atoms with Gasteiger partial charge in [-0.1, -0.05) is 31.2 Å². The topological polar surface area (TPSA) is 74.2 Å². The standard InChI is InChI=1S/C20H21NO5/c1-4-9-24-17-11-14-8-6-5-7-13(14)10-16(17)21-12-15-18(22)25-20(2,3)26-19(15)23/h5-8,10-12,15H,4,9H2,1-3H3. The lowest BCUT2D eigenvalue weighted by atomic mass is 10.1. The van der Waals surface area contributed by atoms with Crippen LogP contribution in [0.5, 0.6) is 5.75 Å². The Morgan fingerprint density at radius 2 is 1.73 bits per heavy atom. The lowest BCUT2D eigenvalue weighted by Gasteiger charge is -2.31. The number of fused-ring (bicyclic) bond motifs is 1. The van der Waals surface area contributed by atoms with Crippen LogP contribution in [-0.2, 0) is 19.1 Å². The van der Waals surface area contributed by atoms with E-state index in [0.717, 1.165) is 17.2 Å². The van der Waals surface area contributed by atoms with Crippen LogP contribution in [0.4, 0.5) is 5.69 Å². The van der Waals surface area contributed by atoms with E-state index in [4.69, 9.17) is 14.2 Å².